The lowest BCUT2D eigenvalue weighted by molar-refractivity contribution is 0.591. The van der Waals surface area contributed by atoms with Gasteiger partial charge in [-0.05, 0) is 25.0 Å². The van der Waals surface area contributed by atoms with Gasteiger partial charge in [-0.1, -0.05) is 0 Å². The highest BCUT2D eigenvalue weighted by molar-refractivity contribution is 7.92. The van der Waals surface area contributed by atoms with Crippen molar-refractivity contribution in [3.05, 3.63) is 28.8 Å². The van der Waals surface area contributed by atoms with Crippen LogP contribution in [0.2, 0.25) is 0 Å². The largest absolute Gasteiger partial charge is 0.397 e. The molecule has 1 unspecified atom stereocenters. The molecule has 0 amide bonds. The predicted molar refractivity (Wildman–Crippen MR) is 82.1 cm³/mol. The Kier molecular flexibility index (Phi) is 3.32. The zero-order valence-electron chi connectivity index (χ0n) is 11.3. The molecule has 1 aromatic heterocycles. The van der Waals surface area contributed by atoms with Gasteiger partial charge in [0.1, 0.15) is 0 Å². The first-order valence-electron chi connectivity index (χ1n) is 6.70. The van der Waals surface area contributed by atoms with E-state index >= 15 is 0 Å². The smallest absolute Gasteiger partial charge is 0.258 e. The van der Waals surface area contributed by atoms with E-state index in [2.05, 4.69) is 15.3 Å². The standard InChI is InChI=1S/C13H16N4O3S/c14-10-4-9-11(16-7-17-13(9)18)5-12(10)15-6-8-2-1-3-21(8,19)20/h4-5,7-8,15H,1-3,6,14H2,(H,16,17,18). The molecule has 1 aliphatic heterocycles. The van der Waals surface area contributed by atoms with Crippen LogP contribution in [0, 0.1) is 0 Å². The number of aromatic amines is 1. The van der Waals surface area contributed by atoms with E-state index in [0.29, 0.717) is 41.7 Å². The number of H-pyrrole nitrogens is 1. The third-order valence-corrected chi connectivity index (χ3v) is 6.07. The molecule has 8 heteroatoms. The predicted octanol–water partition coefficient (Wildman–Crippen LogP) is 0.494. The maximum atomic E-state index is 11.8. The van der Waals surface area contributed by atoms with Crippen LogP contribution in [0.15, 0.2) is 23.3 Å². The van der Waals surface area contributed by atoms with Gasteiger partial charge in [0.05, 0.1) is 39.6 Å². The number of aromatic nitrogens is 2. The zero-order valence-corrected chi connectivity index (χ0v) is 12.1. The van der Waals surface area contributed by atoms with Crippen LogP contribution in [0.25, 0.3) is 10.9 Å². The number of nitrogens with one attached hydrogen (secondary N) is 2. The summed E-state index contributed by atoms with van der Waals surface area (Å²) in [5.74, 6) is 0.253. The summed E-state index contributed by atoms with van der Waals surface area (Å²) in [6.07, 6.45) is 2.70. The van der Waals surface area contributed by atoms with Crippen molar-refractivity contribution in [2.24, 2.45) is 0 Å². The molecule has 1 aliphatic rings. The topological polar surface area (TPSA) is 118 Å². The molecule has 7 nitrogen and oxygen atoms in total. The van der Waals surface area contributed by atoms with Gasteiger partial charge in [0, 0.05) is 6.54 Å². The molecule has 2 heterocycles. The maximum absolute atomic E-state index is 11.8. The summed E-state index contributed by atoms with van der Waals surface area (Å²) >= 11 is 0. The van der Waals surface area contributed by atoms with Crippen molar-refractivity contribution in [2.75, 3.05) is 23.3 Å². The van der Waals surface area contributed by atoms with Gasteiger partial charge in [0.15, 0.2) is 9.84 Å². The Hall–Kier alpha value is -2.09. The summed E-state index contributed by atoms with van der Waals surface area (Å²) in [7, 11) is -2.99. The quantitative estimate of drug-likeness (QED) is 0.710. The minimum atomic E-state index is -2.99. The molecule has 1 aromatic carbocycles. The second-order valence-corrected chi connectivity index (χ2v) is 7.60. The summed E-state index contributed by atoms with van der Waals surface area (Å²) < 4.78 is 23.6. The van der Waals surface area contributed by atoms with E-state index in [1.807, 2.05) is 0 Å². The number of nitrogens with two attached hydrogens (primary N) is 1. The highest BCUT2D eigenvalue weighted by Crippen LogP contribution is 2.25. The highest BCUT2D eigenvalue weighted by Gasteiger charge is 2.30. The lowest BCUT2D eigenvalue weighted by Crippen LogP contribution is -2.25. The highest BCUT2D eigenvalue weighted by atomic mass is 32.2. The number of hydrogen-bond acceptors (Lipinski definition) is 6. The number of fused-ring (bicyclic) bond motifs is 1. The minimum absolute atomic E-state index is 0.253. The van der Waals surface area contributed by atoms with E-state index in [0.717, 1.165) is 0 Å². The van der Waals surface area contributed by atoms with Crippen LogP contribution in [0.3, 0.4) is 0 Å². The summed E-state index contributed by atoms with van der Waals surface area (Å²) in [5.41, 5.74) is 7.18. The summed E-state index contributed by atoms with van der Waals surface area (Å²) in [5, 5.41) is 3.10. The SMILES string of the molecule is Nc1cc2c(=O)[nH]cnc2cc1NCC1CCCS1(=O)=O. The summed E-state index contributed by atoms with van der Waals surface area (Å²) in [6, 6.07) is 3.22. The number of hydrogen-bond donors (Lipinski definition) is 3. The van der Waals surface area contributed by atoms with Gasteiger partial charge in [-0.25, -0.2) is 13.4 Å². The molecule has 0 spiro atoms. The normalized spacial score (nSPS) is 20.7. The number of sulfone groups is 1. The van der Waals surface area contributed by atoms with Gasteiger partial charge in [-0.15, -0.1) is 0 Å². The zero-order chi connectivity index (χ0) is 15.0. The van der Waals surface area contributed by atoms with Gasteiger partial charge in [0.25, 0.3) is 5.56 Å². The van der Waals surface area contributed by atoms with Crippen LogP contribution in [-0.4, -0.2) is 35.9 Å². The van der Waals surface area contributed by atoms with Crippen molar-refractivity contribution in [3.63, 3.8) is 0 Å². The second kappa shape index (κ2) is 5.03. The van der Waals surface area contributed by atoms with E-state index in [4.69, 9.17) is 5.73 Å². The van der Waals surface area contributed by atoms with Gasteiger partial charge in [-0.2, -0.15) is 0 Å². The molecule has 112 valence electrons. The molecule has 1 saturated heterocycles. The van der Waals surface area contributed by atoms with Crippen LogP contribution in [0.1, 0.15) is 12.8 Å². The molecule has 1 atom stereocenters. The monoisotopic (exact) mass is 308 g/mol. The lowest BCUT2D eigenvalue weighted by atomic mass is 10.2. The number of benzene rings is 1. The molecule has 1 fully saturated rings. The van der Waals surface area contributed by atoms with E-state index in [-0.39, 0.29) is 16.6 Å². The van der Waals surface area contributed by atoms with E-state index in [1.165, 1.54) is 6.33 Å². The summed E-state index contributed by atoms with van der Waals surface area (Å²) in [4.78, 5) is 18.2. The van der Waals surface area contributed by atoms with Crippen LogP contribution in [0.4, 0.5) is 11.4 Å². The second-order valence-electron chi connectivity index (χ2n) is 5.20. The Morgan fingerprint density at radius 1 is 1.43 bits per heavy atom. The van der Waals surface area contributed by atoms with Crippen LogP contribution in [-0.2, 0) is 9.84 Å². The van der Waals surface area contributed by atoms with E-state index in [1.54, 1.807) is 12.1 Å². The molecule has 0 aliphatic carbocycles. The number of anilines is 2. The first kappa shape index (κ1) is 13.9. The Bertz CT molecular complexity index is 844. The van der Waals surface area contributed by atoms with Crippen molar-refractivity contribution in [1.29, 1.82) is 0 Å². The average Bonchev–Trinajstić information content (AvgIpc) is 2.77. The summed E-state index contributed by atoms with van der Waals surface area (Å²) in [6.45, 7) is 0.321. The molecule has 0 radical (unpaired) electrons. The van der Waals surface area contributed by atoms with Crippen molar-refractivity contribution in [2.45, 2.75) is 18.1 Å². The number of nitrogens with zero attached hydrogens (tertiary/aromatic N) is 1. The Labute approximate surface area is 121 Å². The minimum Gasteiger partial charge on any atom is -0.397 e. The Morgan fingerprint density at radius 3 is 2.95 bits per heavy atom. The van der Waals surface area contributed by atoms with Gasteiger partial charge >= 0.3 is 0 Å². The number of nitrogen functional groups attached to an aromatic ring is 1. The van der Waals surface area contributed by atoms with Gasteiger partial charge in [0.2, 0.25) is 0 Å². The Balaban J connectivity index is 1.88. The molecular formula is C13H16N4O3S. The van der Waals surface area contributed by atoms with Gasteiger partial charge < -0.3 is 16.0 Å². The third-order valence-electron chi connectivity index (χ3n) is 3.79. The van der Waals surface area contributed by atoms with Crippen LogP contribution in [0.5, 0.6) is 0 Å². The fourth-order valence-electron chi connectivity index (χ4n) is 2.60. The fourth-order valence-corrected chi connectivity index (χ4v) is 4.36. The molecule has 0 saturated carbocycles. The van der Waals surface area contributed by atoms with Crippen molar-refractivity contribution in [3.8, 4) is 0 Å². The molecule has 3 rings (SSSR count). The van der Waals surface area contributed by atoms with Crippen molar-refractivity contribution >= 4 is 32.1 Å². The van der Waals surface area contributed by atoms with Crippen molar-refractivity contribution < 1.29 is 8.42 Å². The van der Waals surface area contributed by atoms with E-state index in [9.17, 15) is 13.2 Å². The molecule has 0 bridgehead atoms. The van der Waals surface area contributed by atoms with Crippen molar-refractivity contribution in [1.82, 2.24) is 9.97 Å². The van der Waals surface area contributed by atoms with Crippen LogP contribution >= 0.6 is 0 Å². The fraction of sp³-hybridized carbons (Fsp3) is 0.385. The third kappa shape index (κ3) is 2.58. The maximum Gasteiger partial charge on any atom is 0.258 e. The van der Waals surface area contributed by atoms with Crippen LogP contribution < -0.4 is 16.6 Å². The first-order valence-corrected chi connectivity index (χ1v) is 8.41. The first-order chi connectivity index (χ1) is 9.97. The number of rotatable bonds is 3. The lowest BCUT2D eigenvalue weighted by Gasteiger charge is -2.14. The molecule has 4 N–H and O–H groups in total. The molecule has 2 aromatic rings. The molecular weight excluding hydrogens is 292 g/mol. The average molecular weight is 308 g/mol. The van der Waals surface area contributed by atoms with E-state index < -0.39 is 9.84 Å². The Morgan fingerprint density at radius 2 is 2.24 bits per heavy atom. The van der Waals surface area contributed by atoms with Gasteiger partial charge in [-0.3, -0.25) is 4.79 Å². The molecule has 21 heavy (non-hydrogen) atoms.